The number of amides is 1. The van der Waals surface area contributed by atoms with Crippen molar-refractivity contribution < 1.29 is 4.79 Å². The Bertz CT molecular complexity index is 1000. The maximum Gasteiger partial charge on any atom is 0.234 e. The maximum atomic E-state index is 12.5. The Morgan fingerprint density at radius 3 is 2.37 bits per heavy atom. The number of hydrogen-bond acceptors (Lipinski definition) is 5. The van der Waals surface area contributed by atoms with E-state index in [1.165, 1.54) is 18.2 Å². The first kappa shape index (κ1) is 21.0. The highest BCUT2D eigenvalue weighted by Crippen LogP contribution is 2.31. The number of para-hydroxylation sites is 2. The van der Waals surface area contributed by atoms with Gasteiger partial charge in [0.15, 0.2) is 5.16 Å². The second kappa shape index (κ2) is 9.73. The van der Waals surface area contributed by atoms with Gasteiger partial charge in [-0.05, 0) is 43.5 Å². The molecule has 0 atom stereocenters. The molecule has 9 heteroatoms. The summed E-state index contributed by atoms with van der Waals surface area (Å²) in [6.07, 6.45) is 3.53. The number of hydrogen-bond donors (Lipinski definition) is 1. The zero-order valence-electron chi connectivity index (χ0n) is 16.2. The van der Waals surface area contributed by atoms with Gasteiger partial charge in [-0.25, -0.2) is 0 Å². The number of thioether (sulfide) groups is 1. The number of halogens is 2. The summed E-state index contributed by atoms with van der Waals surface area (Å²) in [4.78, 5) is 14.8. The smallest absolute Gasteiger partial charge is 0.234 e. The average molecular weight is 462 g/mol. The second-order valence-electron chi connectivity index (χ2n) is 6.93. The van der Waals surface area contributed by atoms with Crippen LogP contribution in [0.15, 0.2) is 53.7 Å². The van der Waals surface area contributed by atoms with Gasteiger partial charge in [0.1, 0.15) is 0 Å². The van der Waals surface area contributed by atoms with Gasteiger partial charge in [0, 0.05) is 13.1 Å². The highest BCUT2D eigenvalue weighted by Gasteiger charge is 2.22. The Balaban J connectivity index is 1.54. The molecule has 1 amide bonds. The lowest BCUT2D eigenvalue weighted by Gasteiger charge is -2.27. The van der Waals surface area contributed by atoms with Gasteiger partial charge >= 0.3 is 0 Å². The summed E-state index contributed by atoms with van der Waals surface area (Å²) < 4.78 is 2.02. The Kier molecular flexibility index (Phi) is 6.82. The van der Waals surface area contributed by atoms with Crippen LogP contribution in [0.2, 0.25) is 10.0 Å². The van der Waals surface area contributed by atoms with Gasteiger partial charge in [-0.2, -0.15) is 0 Å². The fourth-order valence-electron chi connectivity index (χ4n) is 3.38. The van der Waals surface area contributed by atoms with Crippen molar-refractivity contribution >= 4 is 52.5 Å². The molecule has 6 nitrogen and oxygen atoms in total. The number of nitrogens with zero attached hydrogens (tertiary/aromatic N) is 4. The first-order chi connectivity index (χ1) is 14.6. The minimum atomic E-state index is -0.211. The molecule has 0 radical (unpaired) electrons. The molecule has 2 aromatic carbocycles. The van der Waals surface area contributed by atoms with Crippen LogP contribution in [0, 0.1) is 0 Å². The quantitative estimate of drug-likeness (QED) is 0.504. The molecule has 1 saturated heterocycles. The largest absolute Gasteiger partial charge is 0.341 e. The van der Waals surface area contributed by atoms with Crippen molar-refractivity contribution in [1.82, 2.24) is 14.8 Å². The van der Waals surface area contributed by atoms with E-state index in [-0.39, 0.29) is 11.7 Å². The number of benzene rings is 2. The highest BCUT2D eigenvalue weighted by molar-refractivity contribution is 7.99. The summed E-state index contributed by atoms with van der Waals surface area (Å²) in [6.45, 7) is 1.92. The minimum absolute atomic E-state index is 0.159. The predicted molar refractivity (Wildman–Crippen MR) is 123 cm³/mol. The van der Waals surface area contributed by atoms with E-state index < -0.39 is 0 Å². The minimum Gasteiger partial charge on any atom is -0.341 e. The van der Waals surface area contributed by atoms with E-state index in [9.17, 15) is 4.79 Å². The van der Waals surface area contributed by atoms with Gasteiger partial charge in [-0.3, -0.25) is 9.36 Å². The fourth-order valence-corrected chi connectivity index (χ4v) is 4.62. The van der Waals surface area contributed by atoms with Gasteiger partial charge in [0.2, 0.25) is 11.9 Å². The van der Waals surface area contributed by atoms with Crippen LogP contribution in [0.5, 0.6) is 0 Å². The van der Waals surface area contributed by atoms with Crippen molar-refractivity contribution in [3.05, 3.63) is 58.6 Å². The molecule has 1 fully saturated rings. The molecule has 1 aromatic heterocycles. The summed E-state index contributed by atoms with van der Waals surface area (Å²) in [5.74, 6) is 0.766. The summed E-state index contributed by atoms with van der Waals surface area (Å²) >= 11 is 13.6. The Morgan fingerprint density at radius 1 is 0.967 bits per heavy atom. The van der Waals surface area contributed by atoms with E-state index >= 15 is 0 Å². The third-order valence-electron chi connectivity index (χ3n) is 4.83. The van der Waals surface area contributed by atoms with E-state index in [0.717, 1.165) is 37.6 Å². The molecule has 0 unspecified atom stereocenters. The van der Waals surface area contributed by atoms with Crippen LogP contribution in [0.1, 0.15) is 19.3 Å². The Hall–Kier alpha value is -2.22. The Morgan fingerprint density at radius 2 is 1.67 bits per heavy atom. The van der Waals surface area contributed by atoms with Crippen molar-refractivity contribution in [2.75, 3.05) is 29.1 Å². The van der Waals surface area contributed by atoms with Crippen LogP contribution in [0.4, 0.5) is 11.6 Å². The van der Waals surface area contributed by atoms with Gasteiger partial charge in [0.05, 0.1) is 27.2 Å². The zero-order valence-corrected chi connectivity index (χ0v) is 18.6. The monoisotopic (exact) mass is 461 g/mol. The lowest BCUT2D eigenvalue weighted by atomic mass is 10.1. The van der Waals surface area contributed by atoms with Crippen molar-refractivity contribution in [2.24, 2.45) is 0 Å². The van der Waals surface area contributed by atoms with E-state index in [1.54, 1.807) is 18.2 Å². The molecule has 1 aliphatic heterocycles. The predicted octanol–water partition coefficient (Wildman–Crippen LogP) is 5.30. The molecule has 156 valence electrons. The number of anilines is 2. The van der Waals surface area contributed by atoms with Gasteiger partial charge in [-0.15, -0.1) is 10.2 Å². The Labute approximate surface area is 189 Å². The SMILES string of the molecule is O=C(CSc1nnc(N2CCCCC2)n1-c1ccccc1)Nc1c(Cl)cccc1Cl. The third kappa shape index (κ3) is 4.74. The molecule has 0 aliphatic carbocycles. The number of aromatic nitrogens is 3. The molecule has 30 heavy (non-hydrogen) atoms. The molecule has 1 N–H and O–H groups in total. The molecule has 0 saturated carbocycles. The summed E-state index contributed by atoms with van der Waals surface area (Å²) in [5.41, 5.74) is 1.39. The number of carbonyl (C=O) groups is 1. The number of nitrogens with one attached hydrogen (secondary N) is 1. The normalized spacial score (nSPS) is 14.0. The molecule has 3 aromatic rings. The van der Waals surface area contributed by atoms with E-state index in [2.05, 4.69) is 20.4 Å². The standard InChI is InChI=1S/C21H21Cl2N5OS/c22-16-10-7-11-17(23)19(16)24-18(29)14-30-21-26-25-20(27-12-5-2-6-13-27)28(21)15-8-3-1-4-9-15/h1,3-4,7-11H,2,5-6,12-14H2,(H,24,29). The summed E-state index contributed by atoms with van der Waals surface area (Å²) in [5, 5.41) is 13.1. The zero-order chi connectivity index (χ0) is 20.9. The molecular formula is C21H21Cl2N5OS. The van der Waals surface area contributed by atoms with Crippen LogP contribution >= 0.6 is 35.0 Å². The third-order valence-corrected chi connectivity index (χ3v) is 6.39. The van der Waals surface area contributed by atoms with Gasteiger partial charge in [0.25, 0.3) is 0 Å². The first-order valence-corrected chi connectivity index (χ1v) is 11.5. The van der Waals surface area contributed by atoms with Gasteiger partial charge in [-0.1, -0.05) is 59.2 Å². The number of piperidine rings is 1. The summed E-state index contributed by atoms with van der Waals surface area (Å²) in [6, 6.07) is 15.1. The molecule has 1 aliphatic rings. The van der Waals surface area contributed by atoms with Crippen LogP contribution < -0.4 is 10.2 Å². The van der Waals surface area contributed by atoms with Crippen molar-refractivity contribution in [2.45, 2.75) is 24.4 Å². The van der Waals surface area contributed by atoms with Crippen molar-refractivity contribution in [3.63, 3.8) is 0 Å². The van der Waals surface area contributed by atoms with E-state index in [1.807, 2.05) is 34.9 Å². The number of rotatable bonds is 6. The fraction of sp³-hybridized carbons (Fsp3) is 0.286. The summed E-state index contributed by atoms with van der Waals surface area (Å²) in [7, 11) is 0. The average Bonchev–Trinajstić information content (AvgIpc) is 3.20. The van der Waals surface area contributed by atoms with E-state index in [0.29, 0.717) is 20.9 Å². The van der Waals surface area contributed by atoms with Crippen LogP contribution in [0.25, 0.3) is 5.69 Å². The van der Waals surface area contributed by atoms with Crippen LogP contribution in [-0.4, -0.2) is 39.5 Å². The van der Waals surface area contributed by atoms with Crippen molar-refractivity contribution in [3.8, 4) is 5.69 Å². The second-order valence-corrected chi connectivity index (χ2v) is 8.69. The lowest BCUT2D eigenvalue weighted by Crippen LogP contribution is -2.31. The van der Waals surface area contributed by atoms with Crippen LogP contribution in [0.3, 0.4) is 0 Å². The molecular weight excluding hydrogens is 441 g/mol. The maximum absolute atomic E-state index is 12.5. The first-order valence-electron chi connectivity index (χ1n) is 9.76. The molecule has 4 rings (SSSR count). The molecule has 0 spiro atoms. The van der Waals surface area contributed by atoms with E-state index in [4.69, 9.17) is 23.2 Å². The van der Waals surface area contributed by atoms with Crippen molar-refractivity contribution in [1.29, 1.82) is 0 Å². The molecule has 0 bridgehead atoms. The topological polar surface area (TPSA) is 63.1 Å². The highest BCUT2D eigenvalue weighted by atomic mass is 35.5. The molecule has 2 heterocycles. The lowest BCUT2D eigenvalue weighted by molar-refractivity contribution is -0.113. The number of carbonyl (C=O) groups excluding carboxylic acids is 1. The van der Waals surface area contributed by atoms with Gasteiger partial charge < -0.3 is 10.2 Å². The van der Waals surface area contributed by atoms with Crippen LogP contribution in [-0.2, 0) is 4.79 Å².